The summed E-state index contributed by atoms with van der Waals surface area (Å²) in [5.41, 5.74) is 7.53. The number of nitro groups is 1. The number of Topliss-reactive ketones (excluding diaryl/α,β-unsaturated/α-hetero) is 1. The second kappa shape index (κ2) is 24.2. The van der Waals surface area contributed by atoms with E-state index in [-0.39, 0.29) is 69.4 Å². The van der Waals surface area contributed by atoms with Crippen molar-refractivity contribution in [1.82, 2.24) is 5.32 Å². The molecular formula is C49H52N6O14. The van der Waals surface area contributed by atoms with Crippen molar-refractivity contribution in [3.63, 3.8) is 0 Å². The minimum atomic E-state index is -1.27. The Balaban J connectivity index is 0.000000304. The quantitative estimate of drug-likeness (QED) is 0.0324. The zero-order valence-electron chi connectivity index (χ0n) is 38.4. The summed E-state index contributed by atoms with van der Waals surface area (Å²) in [7, 11) is 0. The lowest BCUT2D eigenvalue weighted by molar-refractivity contribution is -0.384. The molecule has 2 unspecified atom stereocenters. The number of aromatic carboxylic acids is 1. The van der Waals surface area contributed by atoms with Crippen molar-refractivity contribution < 1.29 is 63.3 Å². The highest BCUT2D eigenvalue weighted by Gasteiger charge is 2.32. The number of non-ortho nitro benzene ring substituents is 1. The molecule has 0 fully saturated rings. The molecule has 0 spiro atoms. The van der Waals surface area contributed by atoms with E-state index < -0.39 is 70.5 Å². The van der Waals surface area contributed by atoms with Gasteiger partial charge in [0.05, 0.1) is 52.2 Å². The summed E-state index contributed by atoms with van der Waals surface area (Å²) in [4.78, 5) is 95.8. The Morgan fingerprint density at radius 3 is 1.71 bits per heavy atom. The van der Waals surface area contributed by atoms with Crippen LogP contribution in [0.15, 0.2) is 103 Å². The second-order valence-electron chi connectivity index (χ2n) is 15.8. The van der Waals surface area contributed by atoms with Crippen LogP contribution in [0.2, 0.25) is 0 Å². The molecule has 0 aliphatic carbocycles. The van der Waals surface area contributed by atoms with Crippen LogP contribution in [0.1, 0.15) is 98.4 Å². The summed E-state index contributed by atoms with van der Waals surface area (Å²) >= 11 is 0. The van der Waals surface area contributed by atoms with Gasteiger partial charge in [-0.1, -0.05) is 24.6 Å². The number of ether oxygens (including phenoxy) is 2. The number of nitrogens with zero attached hydrogens (tertiary/aromatic N) is 1. The minimum absolute atomic E-state index is 0.00205. The third kappa shape index (κ3) is 14.7. The number of amides is 5. The molecular weight excluding hydrogens is 897 g/mol. The molecule has 0 radical (unpaired) electrons. The summed E-state index contributed by atoms with van der Waals surface area (Å²) in [6.07, 6.45) is -0.619. The van der Waals surface area contributed by atoms with E-state index in [1.165, 1.54) is 78.9 Å². The van der Waals surface area contributed by atoms with Crippen molar-refractivity contribution in [2.24, 2.45) is 11.7 Å². The summed E-state index contributed by atoms with van der Waals surface area (Å²) in [6.45, 7) is 9.80. The topological polar surface area (TPSA) is 316 Å². The minimum Gasteiger partial charge on any atom is -0.504 e. The number of carboxylic acid groups (broad SMARTS) is 1. The third-order valence-corrected chi connectivity index (χ3v) is 9.82. The number of aryl methyl sites for hydroxylation is 1. The number of aliphatic hydroxyl groups excluding tert-OH is 1. The van der Waals surface area contributed by atoms with Crippen LogP contribution >= 0.6 is 0 Å². The number of hydrogen-bond acceptors (Lipinski definition) is 13. The number of nitrogens with two attached hydrogens (primary N) is 1. The molecule has 0 heterocycles. The highest BCUT2D eigenvalue weighted by atomic mass is 16.6. The molecule has 5 aromatic carbocycles. The maximum Gasteiger partial charge on any atom is 0.335 e. The fourth-order valence-electron chi connectivity index (χ4n) is 6.26. The second-order valence-corrected chi connectivity index (χ2v) is 15.8. The lowest BCUT2D eigenvalue weighted by Crippen LogP contribution is -2.51. The van der Waals surface area contributed by atoms with Crippen LogP contribution in [0.4, 0.5) is 22.7 Å². The molecule has 0 saturated heterocycles. The van der Waals surface area contributed by atoms with Crippen molar-refractivity contribution in [3.8, 4) is 17.2 Å². The van der Waals surface area contributed by atoms with E-state index >= 15 is 0 Å². The molecule has 2 atom stereocenters. The average molecular weight is 949 g/mol. The number of ketones is 1. The summed E-state index contributed by atoms with van der Waals surface area (Å²) < 4.78 is 11.4. The SMILES string of the molecule is CCC(=O)C(NC(=O)c1ccc(NC(=O)c2ccc([N+](=O)[O-])cc2)cc1)C(CO)C(N)=O.Cc1ccc(C(=O)Nc2ccc(C(=O)Nc3ccc(C(=O)O)cc3OC(C)C)c(O)c2OC(C)C)cc1. The number of nitrogens with one attached hydrogen (secondary N) is 4. The molecule has 20 heteroatoms. The van der Waals surface area contributed by atoms with Gasteiger partial charge in [0, 0.05) is 40.9 Å². The first-order chi connectivity index (χ1) is 32.6. The number of aliphatic hydroxyl groups is 1. The summed E-state index contributed by atoms with van der Waals surface area (Å²) in [5.74, 6) is -6.35. The number of phenolic OH excluding ortho intramolecular Hbond substituents is 1. The average Bonchev–Trinajstić information content (AvgIpc) is 3.30. The molecule has 0 aliphatic heterocycles. The molecule has 9 N–H and O–H groups in total. The maximum absolute atomic E-state index is 13.1. The van der Waals surface area contributed by atoms with E-state index in [1.807, 2.05) is 19.1 Å². The van der Waals surface area contributed by atoms with Gasteiger partial charge in [0.1, 0.15) is 11.8 Å². The van der Waals surface area contributed by atoms with Gasteiger partial charge in [-0.15, -0.1) is 0 Å². The monoisotopic (exact) mass is 948 g/mol. The van der Waals surface area contributed by atoms with Crippen molar-refractivity contribution in [2.45, 2.75) is 66.2 Å². The predicted octanol–water partition coefficient (Wildman–Crippen LogP) is 6.50. The van der Waals surface area contributed by atoms with E-state index in [9.17, 15) is 59.0 Å². The first kappa shape index (κ1) is 53.0. The number of phenols is 1. The number of carboxylic acids is 1. The van der Waals surface area contributed by atoms with Crippen molar-refractivity contribution in [3.05, 3.63) is 147 Å². The van der Waals surface area contributed by atoms with Gasteiger partial charge in [0.15, 0.2) is 17.3 Å². The smallest absolute Gasteiger partial charge is 0.335 e. The van der Waals surface area contributed by atoms with E-state index in [2.05, 4.69) is 21.3 Å². The summed E-state index contributed by atoms with van der Waals surface area (Å²) in [6, 6.07) is 23.4. The first-order valence-corrected chi connectivity index (χ1v) is 21.3. The Hall–Kier alpha value is -8.65. The van der Waals surface area contributed by atoms with E-state index in [1.54, 1.807) is 46.8 Å². The van der Waals surface area contributed by atoms with Gasteiger partial charge in [-0.05, 0) is 113 Å². The van der Waals surface area contributed by atoms with E-state index in [0.717, 1.165) is 5.56 Å². The van der Waals surface area contributed by atoms with Crippen molar-refractivity contribution in [2.75, 3.05) is 22.6 Å². The van der Waals surface area contributed by atoms with Crippen LogP contribution in [-0.2, 0) is 9.59 Å². The van der Waals surface area contributed by atoms with Crippen LogP contribution in [0, 0.1) is 23.0 Å². The Morgan fingerprint density at radius 1 is 0.681 bits per heavy atom. The van der Waals surface area contributed by atoms with Crippen molar-refractivity contribution in [1.29, 1.82) is 0 Å². The van der Waals surface area contributed by atoms with Crippen LogP contribution < -0.4 is 36.5 Å². The molecule has 69 heavy (non-hydrogen) atoms. The fraction of sp³-hybridized carbons (Fsp3) is 0.245. The van der Waals surface area contributed by atoms with Gasteiger partial charge in [-0.3, -0.25) is 38.9 Å². The molecule has 0 aliphatic rings. The Morgan fingerprint density at radius 2 is 1.19 bits per heavy atom. The zero-order valence-corrected chi connectivity index (χ0v) is 38.4. The number of aromatic hydroxyl groups is 1. The number of nitro benzene ring substituents is 1. The number of anilines is 3. The number of carbonyl (C=O) groups excluding carboxylic acids is 6. The molecule has 5 aromatic rings. The summed E-state index contributed by atoms with van der Waals surface area (Å²) in [5, 5.41) is 50.7. The Kier molecular flexibility index (Phi) is 18.6. The highest BCUT2D eigenvalue weighted by Crippen LogP contribution is 2.39. The van der Waals surface area contributed by atoms with Crippen molar-refractivity contribution >= 4 is 64.0 Å². The maximum atomic E-state index is 13.1. The van der Waals surface area contributed by atoms with E-state index in [4.69, 9.17) is 15.2 Å². The van der Waals surface area contributed by atoms with Gasteiger partial charge in [0.2, 0.25) is 5.91 Å². The number of benzene rings is 5. The lowest BCUT2D eigenvalue weighted by atomic mass is 9.94. The molecule has 362 valence electrons. The van der Waals surface area contributed by atoms with Gasteiger partial charge < -0.3 is 51.8 Å². The van der Waals surface area contributed by atoms with Gasteiger partial charge in [-0.25, -0.2) is 4.79 Å². The normalized spacial score (nSPS) is 11.5. The Bertz CT molecular complexity index is 2700. The van der Waals surface area contributed by atoms with Gasteiger partial charge >= 0.3 is 5.97 Å². The van der Waals surface area contributed by atoms with Gasteiger partial charge in [0.25, 0.3) is 29.3 Å². The fourth-order valence-corrected chi connectivity index (χ4v) is 6.26. The first-order valence-electron chi connectivity index (χ1n) is 21.3. The van der Waals surface area contributed by atoms with Crippen LogP contribution in [0.25, 0.3) is 0 Å². The predicted molar refractivity (Wildman–Crippen MR) is 254 cm³/mol. The molecule has 0 bridgehead atoms. The highest BCUT2D eigenvalue weighted by molar-refractivity contribution is 6.10. The van der Waals surface area contributed by atoms with Crippen LogP contribution in [-0.4, -0.2) is 86.4 Å². The zero-order chi connectivity index (χ0) is 51.1. The number of rotatable bonds is 19. The molecule has 5 amide bonds. The largest absolute Gasteiger partial charge is 0.504 e. The molecule has 20 nitrogen and oxygen atoms in total. The molecule has 0 saturated carbocycles. The van der Waals surface area contributed by atoms with Crippen LogP contribution in [0.5, 0.6) is 17.2 Å². The van der Waals surface area contributed by atoms with Gasteiger partial charge in [-0.2, -0.15) is 0 Å². The molecule has 5 rings (SSSR count). The lowest BCUT2D eigenvalue weighted by Gasteiger charge is -2.23. The Labute approximate surface area is 396 Å². The number of primary amides is 1. The van der Waals surface area contributed by atoms with E-state index in [0.29, 0.717) is 11.3 Å². The van der Waals surface area contributed by atoms with Crippen LogP contribution in [0.3, 0.4) is 0 Å². The standard InChI is InChI=1S/C28H30N2O7.C21H22N4O7/c1-15(2)36-23-14-19(28(34)35)10-12-21(23)29-27(33)20-11-13-22(25(24(20)31)37-16(3)4)30-26(32)18-8-6-17(5)7-9-18;1-2-17(27)18(16(11-26)19(22)28)24-21(30)12-3-7-14(8-4-12)23-20(29)13-5-9-15(10-6-13)25(31)32/h6-16,31H,1-5H3,(H,29,33)(H,30,32)(H,34,35);3-10,16,18,26H,2,11H2,1H3,(H2,22,28)(H,23,29)(H,24,30). The third-order valence-electron chi connectivity index (χ3n) is 9.82. The number of carbonyl (C=O) groups is 7. The molecule has 0 aromatic heterocycles. The number of hydrogen-bond donors (Lipinski definition) is 8.